The highest BCUT2D eigenvalue weighted by Gasteiger charge is 2.30. The Morgan fingerprint density at radius 3 is 2.57 bits per heavy atom. The summed E-state index contributed by atoms with van der Waals surface area (Å²) in [5.74, 6) is 1.23. The van der Waals surface area contributed by atoms with Gasteiger partial charge in [-0.3, -0.25) is 4.90 Å². The van der Waals surface area contributed by atoms with Crippen LogP contribution < -0.4 is 5.73 Å². The maximum absolute atomic E-state index is 5.81. The van der Waals surface area contributed by atoms with Crippen LogP contribution in [0.3, 0.4) is 0 Å². The average molecular weight is 216 g/mol. The van der Waals surface area contributed by atoms with Gasteiger partial charge in [0.05, 0.1) is 0 Å². The first kappa shape index (κ1) is 12.3. The number of nitrogens with zero attached hydrogens (tertiary/aromatic N) is 1. The van der Waals surface area contributed by atoms with Crippen LogP contribution in [0.15, 0.2) is 0 Å². The van der Waals surface area contributed by atoms with E-state index in [1.807, 2.05) is 0 Å². The van der Waals surface area contributed by atoms with Crippen LogP contribution in [0.1, 0.15) is 34.1 Å². The quantitative estimate of drug-likeness (QED) is 0.765. The zero-order valence-electron chi connectivity index (χ0n) is 9.97. The molecular weight excluding hydrogens is 192 g/mol. The topological polar surface area (TPSA) is 29.3 Å². The third-order valence-corrected chi connectivity index (χ3v) is 4.57. The summed E-state index contributed by atoms with van der Waals surface area (Å²) in [6.07, 6.45) is 1.26. The summed E-state index contributed by atoms with van der Waals surface area (Å²) in [5, 5.41) is 0. The molecule has 0 amide bonds. The fourth-order valence-corrected chi connectivity index (χ4v) is 2.85. The molecule has 0 atom stereocenters. The van der Waals surface area contributed by atoms with Gasteiger partial charge in [-0.25, -0.2) is 0 Å². The van der Waals surface area contributed by atoms with Gasteiger partial charge in [-0.1, -0.05) is 13.8 Å². The van der Waals surface area contributed by atoms with Crippen LogP contribution in [-0.4, -0.2) is 40.6 Å². The van der Waals surface area contributed by atoms with E-state index in [1.165, 1.54) is 25.3 Å². The van der Waals surface area contributed by atoms with Gasteiger partial charge in [0.2, 0.25) is 0 Å². The molecule has 1 fully saturated rings. The highest BCUT2D eigenvalue weighted by molar-refractivity contribution is 8.00. The van der Waals surface area contributed by atoms with Gasteiger partial charge in [0.1, 0.15) is 0 Å². The van der Waals surface area contributed by atoms with Gasteiger partial charge in [-0.15, -0.1) is 0 Å². The van der Waals surface area contributed by atoms with E-state index < -0.39 is 0 Å². The highest BCUT2D eigenvalue weighted by atomic mass is 32.2. The van der Waals surface area contributed by atoms with E-state index >= 15 is 0 Å². The normalized spacial score (nSPS) is 24.6. The van der Waals surface area contributed by atoms with Gasteiger partial charge in [0.25, 0.3) is 0 Å². The minimum absolute atomic E-state index is 0.168. The Kier molecular flexibility index (Phi) is 3.89. The maximum Gasteiger partial charge on any atom is 0.0275 e. The van der Waals surface area contributed by atoms with E-state index in [-0.39, 0.29) is 5.54 Å². The van der Waals surface area contributed by atoms with Crippen molar-refractivity contribution < 1.29 is 0 Å². The summed E-state index contributed by atoms with van der Waals surface area (Å²) in [5.41, 5.74) is 5.97. The summed E-state index contributed by atoms with van der Waals surface area (Å²) < 4.78 is 0.444. The van der Waals surface area contributed by atoms with Crippen molar-refractivity contribution in [1.29, 1.82) is 0 Å². The molecule has 0 spiro atoms. The molecule has 1 aliphatic heterocycles. The first-order valence-corrected chi connectivity index (χ1v) is 6.45. The summed E-state index contributed by atoms with van der Waals surface area (Å²) >= 11 is 2.09. The molecule has 0 aliphatic carbocycles. The molecule has 2 N–H and O–H groups in total. The molecule has 0 radical (unpaired) electrons. The first-order valence-electron chi connectivity index (χ1n) is 5.46. The molecule has 1 heterocycles. The van der Waals surface area contributed by atoms with Gasteiger partial charge >= 0.3 is 0 Å². The number of nitrogens with two attached hydrogens (primary N) is 1. The van der Waals surface area contributed by atoms with Crippen LogP contribution in [0.25, 0.3) is 0 Å². The Hall–Kier alpha value is 0.270. The lowest BCUT2D eigenvalue weighted by molar-refractivity contribution is 0.134. The van der Waals surface area contributed by atoms with Crippen molar-refractivity contribution in [1.82, 2.24) is 4.90 Å². The first-order chi connectivity index (χ1) is 6.37. The van der Waals surface area contributed by atoms with Crippen molar-refractivity contribution in [2.75, 3.05) is 25.4 Å². The molecule has 84 valence electrons. The van der Waals surface area contributed by atoms with Crippen molar-refractivity contribution in [3.05, 3.63) is 0 Å². The van der Waals surface area contributed by atoms with Gasteiger partial charge in [-0.2, -0.15) is 11.8 Å². The molecular formula is C11H24N2S. The van der Waals surface area contributed by atoms with E-state index in [9.17, 15) is 0 Å². The fourth-order valence-electron chi connectivity index (χ4n) is 1.75. The van der Waals surface area contributed by atoms with E-state index in [0.717, 1.165) is 6.54 Å². The molecule has 0 aromatic carbocycles. The molecule has 0 saturated carbocycles. The largest absolute Gasteiger partial charge is 0.329 e. The molecule has 1 rings (SSSR count). The molecule has 2 nitrogen and oxygen atoms in total. The third-order valence-electron chi connectivity index (χ3n) is 3.19. The van der Waals surface area contributed by atoms with Crippen LogP contribution in [-0.2, 0) is 0 Å². The zero-order chi connectivity index (χ0) is 10.8. The van der Waals surface area contributed by atoms with Gasteiger partial charge in [-0.05, 0) is 20.3 Å². The van der Waals surface area contributed by atoms with Crippen molar-refractivity contribution in [2.45, 2.75) is 44.4 Å². The summed E-state index contributed by atoms with van der Waals surface area (Å²) in [7, 11) is 0. The molecule has 1 aliphatic rings. The Bertz CT molecular complexity index is 190. The number of rotatable bonds is 2. The van der Waals surface area contributed by atoms with Gasteiger partial charge in [0.15, 0.2) is 0 Å². The van der Waals surface area contributed by atoms with E-state index in [4.69, 9.17) is 5.73 Å². The minimum Gasteiger partial charge on any atom is -0.329 e. The molecule has 0 unspecified atom stereocenters. The highest BCUT2D eigenvalue weighted by Crippen LogP contribution is 2.32. The van der Waals surface area contributed by atoms with E-state index in [1.54, 1.807) is 0 Å². The minimum atomic E-state index is 0.168. The second kappa shape index (κ2) is 4.42. The average Bonchev–Trinajstić information content (AvgIpc) is 2.26. The summed E-state index contributed by atoms with van der Waals surface area (Å²) in [6.45, 7) is 12.3. The zero-order valence-corrected chi connectivity index (χ0v) is 10.8. The summed E-state index contributed by atoms with van der Waals surface area (Å²) in [6, 6.07) is 0. The lowest BCUT2D eigenvalue weighted by atomic mass is 10.0. The Labute approximate surface area is 92.6 Å². The predicted molar refractivity (Wildman–Crippen MR) is 65.9 cm³/mol. The standard InChI is InChI=1S/C11H24N2S/c1-10(2,9-12)13-6-5-11(3,4)14-8-7-13/h5-9,12H2,1-4H3. The van der Waals surface area contributed by atoms with Crippen molar-refractivity contribution in [3.8, 4) is 0 Å². The van der Waals surface area contributed by atoms with Crippen molar-refractivity contribution >= 4 is 11.8 Å². The summed E-state index contributed by atoms with van der Waals surface area (Å²) in [4.78, 5) is 2.54. The molecule has 0 aromatic rings. The van der Waals surface area contributed by atoms with Crippen LogP contribution >= 0.6 is 11.8 Å². The van der Waals surface area contributed by atoms with E-state index in [2.05, 4.69) is 44.4 Å². The Morgan fingerprint density at radius 2 is 2.00 bits per heavy atom. The molecule has 0 bridgehead atoms. The van der Waals surface area contributed by atoms with Gasteiger partial charge < -0.3 is 5.73 Å². The Balaban J connectivity index is 2.58. The van der Waals surface area contributed by atoms with Crippen LogP contribution in [0.4, 0.5) is 0 Å². The lowest BCUT2D eigenvalue weighted by Crippen LogP contribution is -2.50. The second-order valence-corrected chi connectivity index (χ2v) is 7.16. The van der Waals surface area contributed by atoms with Crippen LogP contribution in [0.5, 0.6) is 0 Å². The van der Waals surface area contributed by atoms with Gasteiger partial charge in [0, 0.05) is 35.7 Å². The number of hydrogen-bond donors (Lipinski definition) is 1. The van der Waals surface area contributed by atoms with Crippen LogP contribution in [0.2, 0.25) is 0 Å². The SMILES string of the molecule is CC1(C)CCN(C(C)(C)CN)CCS1. The van der Waals surface area contributed by atoms with Crippen molar-refractivity contribution in [2.24, 2.45) is 5.73 Å². The molecule has 0 aromatic heterocycles. The Morgan fingerprint density at radius 1 is 1.36 bits per heavy atom. The number of thioether (sulfide) groups is 1. The predicted octanol–water partition coefficient (Wildman–Crippen LogP) is 1.94. The molecule has 14 heavy (non-hydrogen) atoms. The monoisotopic (exact) mass is 216 g/mol. The smallest absolute Gasteiger partial charge is 0.0275 e. The van der Waals surface area contributed by atoms with Crippen molar-refractivity contribution in [3.63, 3.8) is 0 Å². The maximum atomic E-state index is 5.81. The van der Waals surface area contributed by atoms with E-state index in [0.29, 0.717) is 4.75 Å². The number of hydrogen-bond acceptors (Lipinski definition) is 3. The fraction of sp³-hybridized carbons (Fsp3) is 1.00. The molecule has 1 saturated heterocycles. The third kappa shape index (κ3) is 3.14. The molecule has 3 heteroatoms. The lowest BCUT2D eigenvalue weighted by Gasteiger charge is -2.37. The van der Waals surface area contributed by atoms with Crippen LogP contribution in [0, 0.1) is 0 Å². The second-order valence-electron chi connectivity index (χ2n) is 5.36.